The van der Waals surface area contributed by atoms with Gasteiger partial charge in [-0.3, -0.25) is 0 Å². The summed E-state index contributed by atoms with van der Waals surface area (Å²) in [5, 5.41) is 2.76. The fourth-order valence-electron chi connectivity index (χ4n) is 2.95. The first-order chi connectivity index (χ1) is 7.98. The van der Waals surface area contributed by atoms with Gasteiger partial charge in [0.15, 0.2) is 0 Å². The number of carbonyl (C=O) groups is 1. The normalized spacial score (nSPS) is 31.6. The minimum atomic E-state index is -0.276. The molecule has 1 amide bonds. The third-order valence-corrected chi connectivity index (χ3v) is 4.05. The van der Waals surface area contributed by atoms with Crippen molar-refractivity contribution >= 4 is 6.09 Å². The quantitative estimate of drug-likeness (QED) is 0.820. The summed E-state index contributed by atoms with van der Waals surface area (Å²) in [6, 6.07) is 0.650. The number of carbonyl (C=O) groups excluding carboxylic acids is 1. The topological polar surface area (TPSA) is 41.6 Å². The summed E-state index contributed by atoms with van der Waals surface area (Å²) in [7, 11) is 0. The SMILES string of the molecule is CC(C)N1CCC(CC2(C)CNC(=O)O2)CC1. The van der Waals surface area contributed by atoms with Crippen LogP contribution >= 0.6 is 0 Å². The second kappa shape index (κ2) is 4.84. The maximum absolute atomic E-state index is 11.1. The second-order valence-electron chi connectivity index (χ2n) is 5.97. The van der Waals surface area contributed by atoms with Crippen LogP contribution in [0.4, 0.5) is 4.79 Å². The van der Waals surface area contributed by atoms with Crippen molar-refractivity contribution < 1.29 is 9.53 Å². The van der Waals surface area contributed by atoms with Gasteiger partial charge in [-0.2, -0.15) is 0 Å². The largest absolute Gasteiger partial charge is 0.441 e. The van der Waals surface area contributed by atoms with Crippen LogP contribution in [0, 0.1) is 5.92 Å². The van der Waals surface area contributed by atoms with Crippen molar-refractivity contribution in [3.63, 3.8) is 0 Å². The molecule has 2 fully saturated rings. The van der Waals surface area contributed by atoms with Gasteiger partial charge in [0.2, 0.25) is 0 Å². The lowest BCUT2D eigenvalue weighted by Crippen LogP contribution is -2.41. The number of hydrogen-bond acceptors (Lipinski definition) is 3. The van der Waals surface area contributed by atoms with Gasteiger partial charge in [0.1, 0.15) is 5.60 Å². The lowest BCUT2D eigenvalue weighted by molar-refractivity contribution is 0.0358. The van der Waals surface area contributed by atoms with Crippen LogP contribution in [-0.4, -0.2) is 42.3 Å². The van der Waals surface area contributed by atoms with Crippen molar-refractivity contribution in [3.05, 3.63) is 0 Å². The Morgan fingerprint density at radius 2 is 2.12 bits per heavy atom. The van der Waals surface area contributed by atoms with Crippen molar-refractivity contribution in [3.8, 4) is 0 Å². The van der Waals surface area contributed by atoms with Gasteiger partial charge in [-0.1, -0.05) is 0 Å². The monoisotopic (exact) mass is 240 g/mol. The molecule has 1 N–H and O–H groups in total. The zero-order valence-electron chi connectivity index (χ0n) is 11.2. The number of nitrogens with zero attached hydrogens (tertiary/aromatic N) is 1. The van der Waals surface area contributed by atoms with Crippen LogP contribution in [0.3, 0.4) is 0 Å². The number of alkyl carbamates (subject to hydrolysis) is 1. The van der Waals surface area contributed by atoms with E-state index < -0.39 is 0 Å². The minimum Gasteiger partial charge on any atom is -0.441 e. The molecule has 4 nitrogen and oxygen atoms in total. The van der Waals surface area contributed by atoms with Gasteiger partial charge >= 0.3 is 6.09 Å². The van der Waals surface area contributed by atoms with Crippen LogP contribution in [0.15, 0.2) is 0 Å². The van der Waals surface area contributed by atoms with Gasteiger partial charge in [-0.15, -0.1) is 0 Å². The molecule has 4 heteroatoms. The Labute approximate surface area is 104 Å². The predicted octanol–water partition coefficient (Wildman–Crippen LogP) is 2.00. The maximum atomic E-state index is 11.1. The number of ether oxygens (including phenoxy) is 1. The Balaban J connectivity index is 1.80. The number of amides is 1. The summed E-state index contributed by atoms with van der Waals surface area (Å²) < 4.78 is 5.36. The van der Waals surface area contributed by atoms with Crippen molar-refractivity contribution in [2.75, 3.05) is 19.6 Å². The van der Waals surface area contributed by atoms with Gasteiger partial charge in [0.05, 0.1) is 6.54 Å². The summed E-state index contributed by atoms with van der Waals surface area (Å²) in [5.74, 6) is 0.697. The molecule has 2 aliphatic rings. The van der Waals surface area contributed by atoms with Crippen molar-refractivity contribution in [1.82, 2.24) is 10.2 Å². The molecule has 0 radical (unpaired) electrons. The standard InChI is InChI=1S/C13H24N2O2/c1-10(2)15-6-4-11(5-7-15)8-13(3)9-14-12(16)17-13/h10-11H,4-9H2,1-3H3,(H,14,16). The number of rotatable bonds is 3. The van der Waals surface area contributed by atoms with E-state index in [-0.39, 0.29) is 11.7 Å². The molecule has 2 saturated heterocycles. The third kappa shape index (κ3) is 3.12. The van der Waals surface area contributed by atoms with Crippen molar-refractivity contribution in [1.29, 1.82) is 0 Å². The molecular weight excluding hydrogens is 216 g/mol. The van der Waals surface area contributed by atoms with Gasteiger partial charge < -0.3 is 15.0 Å². The summed E-state index contributed by atoms with van der Waals surface area (Å²) >= 11 is 0. The van der Waals surface area contributed by atoms with Gasteiger partial charge in [-0.05, 0) is 59.0 Å². The third-order valence-electron chi connectivity index (χ3n) is 4.05. The molecule has 0 spiro atoms. The first-order valence-electron chi connectivity index (χ1n) is 6.69. The number of likely N-dealkylation sites (tertiary alicyclic amines) is 1. The Bertz CT molecular complexity index is 285. The van der Waals surface area contributed by atoms with E-state index in [4.69, 9.17) is 4.74 Å². The molecule has 2 heterocycles. The lowest BCUT2D eigenvalue weighted by atomic mass is 9.85. The summed E-state index contributed by atoms with van der Waals surface area (Å²) in [6.45, 7) is 9.57. The fraction of sp³-hybridized carbons (Fsp3) is 0.923. The van der Waals surface area contributed by atoms with Crippen molar-refractivity contribution in [2.45, 2.75) is 51.7 Å². The molecule has 2 aliphatic heterocycles. The molecule has 17 heavy (non-hydrogen) atoms. The number of hydrogen-bond donors (Lipinski definition) is 1. The average molecular weight is 240 g/mol. The molecule has 0 saturated carbocycles. The van der Waals surface area contributed by atoms with E-state index in [1.165, 1.54) is 25.9 Å². The number of piperidine rings is 1. The minimum absolute atomic E-state index is 0.257. The average Bonchev–Trinajstić information content (AvgIpc) is 2.59. The Hall–Kier alpha value is -0.770. The van der Waals surface area contributed by atoms with Crippen LogP contribution in [0.1, 0.15) is 40.0 Å². The highest BCUT2D eigenvalue weighted by Crippen LogP contribution is 2.30. The molecule has 0 aromatic heterocycles. The first-order valence-corrected chi connectivity index (χ1v) is 6.69. The number of cyclic esters (lactones) is 1. The van der Waals surface area contributed by atoms with Crippen LogP contribution in [0.25, 0.3) is 0 Å². The van der Waals surface area contributed by atoms with E-state index in [2.05, 4.69) is 24.1 Å². The molecular formula is C13H24N2O2. The molecule has 0 aromatic rings. The Morgan fingerprint density at radius 3 is 2.59 bits per heavy atom. The molecule has 98 valence electrons. The summed E-state index contributed by atoms with van der Waals surface area (Å²) in [5.41, 5.74) is -0.276. The van der Waals surface area contributed by atoms with E-state index >= 15 is 0 Å². The summed E-state index contributed by atoms with van der Waals surface area (Å²) in [4.78, 5) is 13.6. The molecule has 0 aromatic carbocycles. The number of nitrogens with one attached hydrogen (secondary N) is 1. The van der Waals surface area contributed by atoms with Gasteiger partial charge in [0.25, 0.3) is 0 Å². The van der Waals surface area contributed by atoms with Crippen LogP contribution in [-0.2, 0) is 4.74 Å². The molecule has 0 bridgehead atoms. The maximum Gasteiger partial charge on any atom is 0.407 e. The van der Waals surface area contributed by atoms with E-state index in [0.717, 1.165) is 6.42 Å². The Morgan fingerprint density at radius 1 is 1.47 bits per heavy atom. The molecule has 1 unspecified atom stereocenters. The Kier molecular flexibility index (Phi) is 3.61. The smallest absolute Gasteiger partial charge is 0.407 e. The predicted molar refractivity (Wildman–Crippen MR) is 66.9 cm³/mol. The van der Waals surface area contributed by atoms with Crippen molar-refractivity contribution in [2.24, 2.45) is 5.92 Å². The second-order valence-corrected chi connectivity index (χ2v) is 5.97. The van der Waals surface area contributed by atoms with E-state index in [1.807, 2.05) is 6.92 Å². The highest BCUT2D eigenvalue weighted by atomic mass is 16.6. The first kappa shape index (κ1) is 12.7. The van der Waals surface area contributed by atoms with Gasteiger partial charge in [0, 0.05) is 6.04 Å². The fourth-order valence-corrected chi connectivity index (χ4v) is 2.95. The van der Waals surface area contributed by atoms with Gasteiger partial charge in [-0.25, -0.2) is 4.79 Å². The van der Waals surface area contributed by atoms with Crippen LogP contribution in [0.5, 0.6) is 0 Å². The summed E-state index contributed by atoms with van der Waals surface area (Å²) in [6.07, 6.45) is 3.20. The van der Waals surface area contributed by atoms with E-state index in [1.54, 1.807) is 0 Å². The molecule has 1 atom stereocenters. The zero-order valence-corrected chi connectivity index (χ0v) is 11.2. The van der Waals surface area contributed by atoms with E-state index in [0.29, 0.717) is 18.5 Å². The zero-order chi connectivity index (χ0) is 12.5. The van der Waals surface area contributed by atoms with Crippen LogP contribution < -0.4 is 5.32 Å². The van der Waals surface area contributed by atoms with Crippen LogP contribution in [0.2, 0.25) is 0 Å². The lowest BCUT2D eigenvalue weighted by Gasteiger charge is -2.36. The highest BCUT2D eigenvalue weighted by molar-refractivity contribution is 5.70. The molecule has 0 aliphatic carbocycles. The highest BCUT2D eigenvalue weighted by Gasteiger charge is 2.38. The van der Waals surface area contributed by atoms with E-state index in [9.17, 15) is 4.79 Å². The molecule has 2 rings (SSSR count).